The maximum atomic E-state index is 11.9. The Morgan fingerprint density at radius 3 is 2.59 bits per heavy atom. The highest BCUT2D eigenvalue weighted by molar-refractivity contribution is 6.31. The van der Waals surface area contributed by atoms with Crippen LogP contribution in [0, 0.1) is 6.92 Å². The molecule has 0 aliphatic rings. The molecule has 2 aromatic carbocycles. The van der Waals surface area contributed by atoms with Gasteiger partial charge in [-0.15, -0.1) is 0 Å². The first-order valence-electron chi connectivity index (χ1n) is 6.99. The van der Waals surface area contributed by atoms with E-state index >= 15 is 0 Å². The number of anilines is 1. The van der Waals surface area contributed by atoms with Crippen molar-refractivity contribution in [1.82, 2.24) is 5.32 Å². The number of nitrogens with one attached hydrogen (secondary N) is 2. The fraction of sp³-hybridized carbons (Fsp3) is 0.235. The van der Waals surface area contributed by atoms with Crippen LogP contribution >= 0.6 is 11.6 Å². The molecule has 4 nitrogen and oxygen atoms in total. The molecule has 0 radical (unpaired) electrons. The first kappa shape index (κ1) is 16.3. The van der Waals surface area contributed by atoms with E-state index in [1.807, 2.05) is 43.3 Å². The smallest absolute Gasteiger partial charge is 0.238 e. The molecular weight excluding hydrogens is 300 g/mol. The molecule has 0 aliphatic heterocycles. The summed E-state index contributed by atoms with van der Waals surface area (Å²) in [6.45, 7) is 2.73. The van der Waals surface area contributed by atoms with E-state index in [0.29, 0.717) is 11.6 Å². The minimum atomic E-state index is -0.0983. The van der Waals surface area contributed by atoms with Crippen LogP contribution < -0.4 is 15.4 Å². The summed E-state index contributed by atoms with van der Waals surface area (Å²) in [6, 6.07) is 13.2. The topological polar surface area (TPSA) is 50.4 Å². The molecule has 0 saturated heterocycles. The van der Waals surface area contributed by atoms with Gasteiger partial charge < -0.3 is 15.4 Å². The first-order chi connectivity index (χ1) is 10.6. The molecule has 2 aromatic rings. The summed E-state index contributed by atoms with van der Waals surface area (Å²) in [5, 5.41) is 6.60. The van der Waals surface area contributed by atoms with Gasteiger partial charge in [-0.1, -0.05) is 29.8 Å². The zero-order valence-electron chi connectivity index (χ0n) is 12.7. The van der Waals surface area contributed by atoms with Crippen molar-refractivity contribution in [3.05, 3.63) is 58.6 Å². The molecule has 1 amide bonds. The fourth-order valence-electron chi connectivity index (χ4n) is 2.00. The molecule has 0 spiro atoms. The van der Waals surface area contributed by atoms with Crippen LogP contribution in [0.5, 0.6) is 5.75 Å². The van der Waals surface area contributed by atoms with Crippen molar-refractivity contribution in [2.45, 2.75) is 13.5 Å². The minimum absolute atomic E-state index is 0.0983. The zero-order chi connectivity index (χ0) is 15.9. The summed E-state index contributed by atoms with van der Waals surface area (Å²) < 4.78 is 5.10. The summed E-state index contributed by atoms with van der Waals surface area (Å²) in [6.07, 6.45) is 0. The van der Waals surface area contributed by atoms with Gasteiger partial charge >= 0.3 is 0 Å². The minimum Gasteiger partial charge on any atom is -0.497 e. The molecule has 0 bridgehead atoms. The summed E-state index contributed by atoms with van der Waals surface area (Å²) in [5.41, 5.74) is 2.70. The van der Waals surface area contributed by atoms with Crippen LogP contribution in [0.1, 0.15) is 11.1 Å². The summed E-state index contributed by atoms with van der Waals surface area (Å²) in [4.78, 5) is 11.9. The van der Waals surface area contributed by atoms with Gasteiger partial charge in [0.1, 0.15) is 5.75 Å². The van der Waals surface area contributed by atoms with Crippen LogP contribution in [0.4, 0.5) is 5.69 Å². The van der Waals surface area contributed by atoms with Crippen molar-refractivity contribution in [3.63, 3.8) is 0 Å². The number of carbonyl (C=O) groups excluding carboxylic acids is 1. The second-order valence-corrected chi connectivity index (χ2v) is 5.32. The SMILES string of the molecule is COc1ccc(CNCC(=O)Nc2cccc(Cl)c2C)cc1. The Hall–Kier alpha value is -2.04. The Balaban J connectivity index is 1.81. The number of rotatable bonds is 6. The van der Waals surface area contributed by atoms with Crippen LogP contribution in [0.25, 0.3) is 0 Å². The van der Waals surface area contributed by atoms with E-state index in [1.54, 1.807) is 13.2 Å². The molecule has 0 saturated carbocycles. The molecule has 0 unspecified atom stereocenters. The lowest BCUT2D eigenvalue weighted by molar-refractivity contribution is -0.115. The molecule has 0 fully saturated rings. The number of carbonyl (C=O) groups is 1. The van der Waals surface area contributed by atoms with Crippen LogP contribution in [0.15, 0.2) is 42.5 Å². The predicted molar refractivity (Wildman–Crippen MR) is 89.5 cm³/mol. The number of benzene rings is 2. The standard InChI is InChI=1S/C17H19ClN2O2/c1-12-15(18)4-3-5-16(12)20-17(21)11-19-10-13-6-8-14(22-2)9-7-13/h3-9,19H,10-11H2,1-2H3,(H,20,21). The highest BCUT2D eigenvalue weighted by Crippen LogP contribution is 2.22. The number of amides is 1. The van der Waals surface area contributed by atoms with Crippen molar-refractivity contribution in [2.24, 2.45) is 0 Å². The molecule has 0 aliphatic carbocycles. The van der Waals surface area contributed by atoms with E-state index in [9.17, 15) is 4.79 Å². The molecule has 116 valence electrons. The third kappa shape index (κ3) is 4.48. The Kier molecular flexibility index (Phi) is 5.81. The Bertz CT molecular complexity index is 642. The lowest BCUT2D eigenvalue weighted by Crippen LogP contribution is -2.28. The van der Waals surface area contributed by atoms with Gasteiger partial charge in [0.05, 0.1) is 13.7 Å². The highest BCUT2D eigenvalue weighted by atomic mass is 35.5. The molecule has 2 N–H and O–H groups in total. The summed E-state index contributed by atoms with van der Waals surface area (Å²) in [7, 11) is 1.63. The quantitative estimate of drug-likeness (QED) is 0.858. The van der Waals surface area contributed by atoms with Gasteiger partial charge in [-0.05, 0) is 42.3 Å². The van der Waals surface area contributed by atoms with Gasteiger partial charge in [0.2, 0.25) is 5.91 Å². The van der Waals surface area contributed by atoms with E-state index in [-0.39, 0.29) is 12.5 Å². The van der Waals surface area contributed by atoms with Crippen LogP contribution in [0.3, 0.4) is 0 Å². The zero-order valence-corrected chi connectivity index (χ0v) is 13.4. The number of hydrogen-bond donors (Lipinski definition) is 2. The molecule has 5 heteroatoms. The third-order valence-electron chi connectivity index (χ3n) is 3.32. The summed E-state index contributed by atoms with van der Waals surface area (Å²) in [5.74, 6) is 0.719. The van der Waals surface area contributed by atoms with Crippen LogP contribution in [-0.2, 0) is 11.3 Å². The molecule has 0 atom stereocenters. The van der Waals surface area contributed by atoms with E-state index in [1.165, 1.54) is 0 Å². The van der Waals surface area contributed by atoms with Gasteiger partial charge in [0.25, 0.3) is 0 Å². The monoisotopic (exact) mass is 318 g/mol. The average molecular weight is 319 g/mol. The summed E-state index contributed by atoms with van der Waals surface area (Å²) >= 11 is 6.03. The predicted octanol–water partition coefficient (Wildman–Crippen LogP) is 3.39. The fourth-order valence-corrected chi connectivity index (χ4v) is 2.18. The largest absolute Gasteiger partial charge is 0.497 e. The molecule has 0 aromatic heterocycles. The number of methoxy groups -OCH3 is 1. The van der Waals surface area contributed by atoms with Gasteiger partial charge in [-0.2, -0.15) is 0 Å². The Labute approximate surface area is 135 Å². The van der Waals surface area contributed by atoms with Crippen molar-refractivity contribution in [2.75, 3.05) is 19.0 Å². The van der Waals surface area contributed by atoms with Crippen molar-refractivity contribution >= 4 is 23.2 Å². The molecule has 0 heterocycles. The maximum Gasteiger partial charge on any atom is 0.238 e. The molecule has 2 rings (SSSR count). The van der Waals surface area contributed by atoms with Crippen LogP contribution in [-0.4, -0.2) is 19.6 Å². The van der Waals surface area contributed by atoms with Gasteiger partial charge in [0.15, 0.2) is 0 Å². The van der Waals surface area contributed by atoms with Crippen molar-refractivity contribution in [3.8, 4) is 5.75 Å². The second kappa shape index (κ2) is 7.82. The Morgan fingerprint density at radius 1 is 1.18 bits per heavy atom. The molecule has 22 heavy (non-hydrogen) atoms. The Morgan fingerprint density at radius 2 is 1.91 bits per heavy atom. The second-order valence-electron chi connectivity index (χ2n) is 4.91. The normalized spacial score (nSPS) is 10.3. The van der Waals surface area contributed by atoms with Crippen LogP contribution in [0.2, 0.25) is 5.02 Å². The number of hydrogen-bond acceptors (Lipinski definition) is 3. The van der Waals surface area contributed by atoms with E-state index < -0.39 is 0 Å². The van der Waals surface area contributed by atoms with E-state index in [0.717, 1.165) is 22.6 Å². The maximum absolute atomic E-state index is 11.9. The first-order valence-corrected chi connectivity index (χ1v) is 7.36. The lowest BCUT2D eigenvalue weighted by atomic mass is 10.2. The highest BCUT2D eigenvalue weighted by Gasteiger charge is 2.06. The average Bonchev–Trinajstić information content (AvgIpc) is 2.52. The number of ether oxygens (including phenoxy) is 1. The van der Waals surface area contributed by atoms with E-state index in [4.69, 9.17) is 16.3 Å². The third-order valence-corrected chi connectivity index (χ3v) is 3.72. The van der Waals surface area contributed by atoms with E-state index in [2.05, 4.69) is 10.6 Å². The van der Waals surface area contributed by atoms with Gasteiger partial charge in [-0.25, -0.2) is 0 Å². The lowest BCUT2D eigenvalue weighted by Gasteiger charge is -2.10. The van der Waals surface area contributed by atoms with Crippen molar-refractivity contribution in [1.29, 1.82) is 0 Å². The van der Waals surface area contributed by atoms with Gasteiger partial charge in [0, 0.05) is 17.3 Å². The number of halogens is 1. The molecular formula is C17H19ClN2O2. The van der Waals surface area contributed by atoms with Gasteiger partial charge in [-0.3, -0.25) is 4.79 Å². The van der Waals surface area contributed by atoms with Crippen molar-refractivity contribution < 1.29 is 9.53 Å².